The molecule has 2 atom stereocenters. The van der Waals surface area contributed by atoms with Gasteiger partial charge in [0.1, 0.15) is 22.9 Å². The monoisotopic (exact) mass is 515 g/mol. The maximum Gasteiger partial charge on any atom is 0.356 e. The average Bonchev–Trinajstić information content (AvgIpc) is 3.23. The first-order chi connectivity index (χ1) is 16.1. The molecule has 0 unspecified atom stereocenters. The van der Waals surface area contributed by atoms with Crippen LogP contribution in [-0.4, -0.2) is 93.0 Å². The minimum absolute atomic E-state index is 0.00469. The largest absolute Gasteiger partial charge is 0.483 e. The SMILES string of the molecule is COC(=O)COC1=C(C(=O)O)N2C(=O)[C@@H](NC(=O)/C(=N/OCC(=O)O)c3csc(N)n3)[C@H]2SC1. The van der Waals surface area contributed by atoms with Gasteiger partial charge in [-0.25, -0.2) is 19.4 Å². The van der Waals surface area contributed by atoms with Crippen molar-refractivity contribution in [2.45, 2.75) is 11.4 Å². The number of nitrogens with two attached hydrogens (primary N) is 1. The number of amides is 2. The average molecular weight is 515 g/mol. The van der Waals surface area contributed by atoms with Crippen molar-refractivity contribution < 1.29 is 48.5 Å². The molecule has 1 fully saturated rings. The molecule has 34 heavy (non-hydrogen) atoms. The molecule has 0 radical (unpaired) electrons. The molecular weight excluding hydrogens is 498 g/mol. The van der Waals surface area contributed by atoms with Gasteiger partial charge in [0.05, 0.1) is 12.9 Å². The summed E-state index contributed by atoms with van der Waals surface area (Å²) in [6.45, 7) is -1.37. The molecule has 3 rings (SSSR count). The summed E-state index contributed by atoms with van der Waals surface area (Å²) in [6.07, 6.45) is 0. The third-order valence-electron chi connectivity index (χ3n) is 4.34. The maximum absolute atomic E-state index is 12.8. The number of β-lactam (4-membered cyclic amide) rings is 1. The number of thioether (sulfide) groups is 1. The van der Waals surface area contributed by atoms with Crippen LogP contribution in [0.4, 0.5) is 5.13 Å². The van der Waals surface area contributed by atoms with Crippen molar-refractivity contribution in [2.24, 2.45) is 5.16 Å². The van der Waals surface area contributed by atoms with Gasteiger partial charge < -0.3 is 35.6 Å². The van der Waals surface area contributed by atoms with Crippen LogP contribution >= 0.6 is 23.1 Å². The second kappa shape index (κ2) is 10.4. The normalized spacial score (nSPS) is 19.6. The highest BCUT2D eigenvalue weighted by Crippen LogP contribution is 2.40. The zero-order valence-corrected chi connectivity index (χ0v) is 18.9. The third kappa shape index (κ3) is 5.20. The predicted octanol–water partition coefficient (Wildman–Crippen LogP) is -1.58. The quantitative estimate of drug-likeness (QED) is 0.120. The number of nitrogens with one attached hydrogen (secondary N) is 1. The molecule has 0 aromatic carbocycles. The molecule has 5 N–H and O–H groups in total. The number of methoxy groups -OCH3 is 1. The number of aliphatic carboxylic acids is 2. The third-order valence-corrected chi connectivity index (χ3v) is 6.27. The van der Waals surface area contributed by atoms with E-state index < -0.39 is 65.8 Å². The van der Waals surface area contributed by atoms with Crippen molar-refractivity contribution >= 4 is 63.7 Å². The van der Waals surface area contributed by atoms with E-state index in [-0.39, 0.29) is 22.3 Å². The molecule has 15 nitrogen and oxygen atoms in total. The van der Waals surface area contributed by atoms with Crippen molar-refractivity contribution in [3.63, 3.8) is 0 Å². The molecule has 2 aliphatic heterocycles. The van der Waals surface area contributed by atoms with Gasteiger partial charge in [-0.15, -0.1) is 23.1 Å². The summed E-state index contributed by atoms with van der Waals surface area (Å²) >= 11 is 2.09. The number of hydrogen-bond donors (Lipinski definition) is 4. The number of esters is 1. The zero-order chi connectivity index (χ0) is 25.0. The highest BCUT2D eigenvalue weighted by atomic mass is 32.2. The Labute approximate surface area is 198 Å². The van der Waals surface area contributed by atoms with E-state index in [0.717, 1.165) is 35.1 Å². The van der Waals surface area contributed by atoms with E-state index >= 15 is 0 Å². The van der Waals surface area contributed by atoms with Gasteiger partial charge in [0.2, 0.25) is 6.61 Å². The Balaban J connectivity index is 1.77. The maximum atomic E-state index is 12.8. The lowest BCUT2D eigenvalue weighted by Crippen LogP contribution is -2.71. The Morgan fingerprint density at radius 3 is 2.65 bits per heavy atom. The molecule has 1 aromatic heterocycles. The molecule has 17 heteroatoms. The fraction of sp³-hybridized carbons (Fsp3) is 0.353. The lowest BCUT2D eigenvalue weighted by atomic mass is 10.0. The van der Waals surface area contributed by atoms with E-state index in [2.05, 4.69) is 25.0 Å². The number of ether oxygens (including phenoxy) is 2. The summed E-state index contributed by atoms with van der Waals surface area (Å²) in [5, 5.41) is 24.9. The number of fused-ring (bicyclic) bond motifs is 1. The molecule has 1 saturated heterocycles. The van der Waals surface area contributed by atoms with Crippen molar-refractivity contribution in [3.8, 4) is 0 Å². The Hall–Kier alpha value is -3.86. The number of carbonyl (C=O) groups is 5. The van der Waals surface area contributed by atoms with Crippen LogP contribution in [0.2, 0.25) is 0 Å². The van der Waals surface area contributed by atoms with Crippen LogP contribution in [-0.2, 0) is 38.3 Å². The summed E-state index contributed by atoms with van der Waals surface area (Å²) in [5.74, 6) is -5.27. The summed E-state index contributed by atoms with van der Waals surface area (Å²) < 4.78 is 9.66. The van der Waals surface area contributed by atoms with Crippen LogP contribution in [0.25, 0.3) is 0 Å². The lowest BCUT2D eigenvalue weighted by molar-refractivity contribution is -0.151. The van der Waals surface area contributed by atoms with Crippen molar-refractivity contribution in [3.05, 3.63) is 22.5 Å². The molecule has 2 amide bonds. The molecule has 0 bridgehead atoms. The van der Waals surface area contributed by atoms with E-state index in [1.54, 1.807) is 0 Å². The molecular formula is C17H17N5O10S2. The molecule has 182 valence electrons. The number of hydrogen-bond acceptors (Lipinski definition) is 13. The minimum atomic E-state index is -1.45. The van der Waals surface area contributed by atoms with Crippen LogP contribution in [0.3, 0.4) is 0 Å². The molecule has 2 aliphatic rings. The number of carboxylic acids is 2. The van der Waals surface area contributed by atoms with Gasteiger partial charge in [0, 0.05) is 5.38 Å². The summed E-state index contributed by atoms with van der Waals surface area (Å²) in [6, 6.07) is -1.13. The van der Waals surface area contributed by atoms with E-state index in [0.29, 0.717) is 0 Å². The Bertz CT molecular complexity index is 1100. The predicted molar refractivity (Wildman–Crippen MR) is 114 cm³/mol. The molecule has 0 spiro atoms. The van der Waals surface area contributed by atoms with Crippen LogP contribution in [0, 0.1) is 0 Å². The van der Waals surface area contributed by atoms with E-state index in [9.17, 15) is 29.1 Å². The van der Waals surface area contributed by atoms with Crippen LogP contribution in [0.1, 0.15) is 5.69 Å². The number of thiazole rings is 1. The number of anilines is 1. The van der Waals surface area contributed by atoms with E-state index in [1.807, 2.05) is 0 Å². The van der Waals surface area contributed by atoms with Gasteiger partial charge in [0.15, 0.2) is 23.1 Å². The van der Waals surface area contributed by atoms with Gasteiger partial charge in [-0.1, -0.05) is 5.16 Å². The van der Waals surface area contributed by atoms with Crippen molar-refractivity contribution in [2.75, 3.05) is 31.8 Å². The zero-order valence-electron chi connectivity index (χ0n) is 17.2. The summed E-state index contributed by atoms with van der Waals surface area (Å²) in [5.41, 5.74) is 4.70. The number of carbonyl (C=O) groups excluding carboxylic acids is 3. The second-order valence-electron chi connectivity index (χ2n) is 6.48. The number of nitrogens with zero attached hydrogens (tertiary/aromatic N) is 3. The van der Waals surface area contributed by atoms with Crippen molar-refractivity contribution in [1.82, 2.24) is 15.2 Å². The second-order valence-corrected chi connectivity index (χ2v) is 8.48. The fourth-order valence-corrected chi connectivity index (χ4v) is 4.69. The number of rotatable bonds is 10. The highest BCUT2D eigenvalue weighted by molar-refractivity contribution is 8.00. The van der Waals surface area contributed by atoms with Crippen LogP contribution in [0.15, 0.2) is 22.0 Å². The number of nitrogen functional groups attached to an aromatic ring is 1. The number of aromatic nitrogens is 1. The molecule has 3 heterocycles. The van der Waals surface area contributed by atoms with Crippen LogP contribution in [0.5, 0.6) is 0 Å². The van der Waals surface area contributed by atoms with Gasteiger partial charge in [0.25, 0.3) is 11.8 Å². The highest BCUT2D eigenvalue weighted by Gasteiger charge is 2.55. The standard InChI is InChI=1S/C17H17N5O10S2/c1-30-9(25)3-31-7-5-33-15-11(14(27)22(15)12(7)16(28)29)20-13(26)10(21-32-2-8(23)24)6-4-34-17(18)19-6/h4,11,15H,2-3,5H2,1H3,(H2,18,19)(H,20,26)(H,23,24)(H,28,29)/b21-10+/t11-,15-/m1/s1. The topological polar surface area (TPSA) is 220 Å². The first kappa shape index (κ1) is 24.8. The van der Waals surface area contributed by atoms with Crippen LogP contribution < -0.4 is 11.1 Å². The van der Waals surface area contributed by atoms with Gasteiger partial charge in [-0.05, 0) is 0 Å². The Kier molecular flexibility index (Phi) is 7.57. The first-order valence-corrected chi connectivity index (χ1v) is 11.1. The van der Waals surface area contributed by atoms with Crippen molar-refractivity contribution in [1.29, 1.82) is 0 Å². The minimum Gasteiger partial charge on any atom is -0.483 e. The Morgan fingerprint density at radius 2 is 2.06 bits per heavy atom. The van der Waals surface area contributed by atoms with Gasteiger partial charge in [-0.2, -0.15) is 0 Å². The first-order valence-electron chi connectivity index (χ1n) is 9.18. The Morgan fingerprint density at radius 1 is 1.32 bits per heavy atom. The molecule has 1 aromatic rings. The number of oxime groups is 1. The van der Waals surface area contributed by atoms with E-state index in [1.165, 1.54) is 5.38 Å². The smallest absolute Gasteiger partial charge is 0.356 e. The summed E-state index contributed by atoms with van der Waals surface area (Å²) in [7, 11) is 1.14. The number of carboxylic acid groups (broad SMARTS) is 2. The van der Waals surface area contributed by atoms with E-state index in [4.69, 9.17) is 15.6 Å². The fourth-order valence-electron chi connectivity index (χ4n) is 2.87. The van der Waals surface area contributed by atoms with Gasteiger partial charge >= 0.3 is 17.9 Å². The summed E-state index contributed by atoms with van der Waals surface area (Å²) in [4.78, 5) is 68.8. The molecule has 0 aliphatic carbocycles. The molecule has 0 saturated carbocycles. The lowest BCUT2D eigenvalue weighted by Gasteiger charge is -2.48. The van der Waals surface area contributed by atoms with Gasteiger partial charge in [-0.3, -0.25) is 14.5 Å².